The van der Waals surface area contributed by atoms with Crippen molar-refractivity contribution in [2.75, 3.05) is 18.5 Å². The van der Waals surface area contributed by atoms with E-state index in [1.165, 1.54) is 12.1 Å². The summed E-state index contributed by atoms with van der Waals surface area (Å²) in [7, 11) is 0. The summed E-state index contributed by atoms with van der Waals surface area (Å²) >= 11 is 0. The van der Waals surface area contributed by atoms with E-state index in [0.29, 0.717) is 22.6 Å². The number of hydrogen-bond donors (Lipinski definition) is 1. The van der Waals surface area contributed by atoms with Gasteiger partial charge in [0.2, 0.25) is 0 Å². The Hall–Kier alpha value is -4.03. The van der Waals surface area contributed by atoms with Gasteiger partial charge < -0.3 is 19.5 Å². The molecule has 1 aromatic carbocycles. The van der Waals surface area contributed by atoms with Crippen molar-refractivity contribution < 1.29 is 31.9 Å². The SMILES string of the molecule is C[C@H]1CCc2nnc(-c3cccc(NC(=O)c4cc5c(cc4F)CCN(C(=O)OCC(F)(F)F)C5)n3)n21. The molecule has 0 saturated heterocycles. The predicted molar refractivity (Wildman–Crippen MR) is 122 cm³/mol. The number of rotatable bonds is 4. The largest absolute Gasteiger partial charge is 0.440 e. The van der Waals surface area contributed by atoms with Crippen LogP contribution in [0, 0.1) is 5.82 Å². The standard InChI is InChI=1S/C24H22F4N6O3/c1-13-5-6-20-31-32-21(34(13)20)18-3-2-4-19(29-18)30-22(35)16-9-15-11-33(8-7-14(15)10-17(16)25)23(36)37-12-24(26,27)28/h2-4,9-10,13H,5-8,11-12H2,1H3,(H,29,30,35)/t13-/m0/s1. The van der Waals surface area contributed by atoms with Gasteiger partial charge in [0.1, 0.15) is 23.2 Å². The van der Waals surface area contributed by atoms with E-state index >= 15 is 0 Å². The summed E-state index contributed by atoms with van der Waals surface area (Å²) < 4.78 is 58.2. The van der Waals surface area contributed by atoms with Gasteiger partial charge in [-0.25, -0.2) is 14.2 Å². The van der Waals surface area contributed by atoms with Crippen LogP contribution in [0.3, 0.4) is 0 Å². The number of nitrogens with zero attached hydrogens (tertiary/aromatic N) is 5. The zero-order valence-corrected chi connectivity index (χ0v) is 19.7. The number of halogens is 4. The summed E-state index contributed by atoms with van der Waals surface area (Å²) in [5.41, 5.74) is 1.22. The van der Waals surface area contributed by atoms with Gasteiger partial charge in [0.15, 0.2) is 12.4 Å². The number of pyridine rings is 1. The molecule has 0 fully saturated rings. The van der Waals surface area contributed by atoms with Crippen molar-refractivity contribution in [3.8, 4) is 11.5 Å². The summed E-state index contributed by atoms with van der Waals surface area (Å²) in [5, 5.41) is 11.0. The van der Waals surface area contributed by atoms with Crippen molar-refractivity contribution in [3.63, 3.8) is 0 Å². The van der Waals surface area contributed by atoms with Gasteiger partial charge in [0.05, 0.1) is 5.56 Å². The number of nitrogens with one attached hydrogen (secondary N) is 1. The molecule has 0 saturated carbocycles. The Bertz CT molecular complexity index is 1370. The number of anilines is 1. The van der Waals surface area contributed by atoms with E-state index in [1.54, 1.807) is 18.2 Å². The third kappa shape index (κ3) is 5.11. The predicted octanol–water partition coefficient (Wildman–Crippen LogP) is 4.30. The van der Waals surface area contributed by atoms with Gasteiger partial charge in [-0.3, -0.25) is 4.79 Å². The summed E-state index contributed by atoms with van der Waals surface area (Å²) in [6.45, 7) is 0.312. The minimum Gasteiger partial charge on any atom is -0.440 e. The number of benzene rings is 1. The highest BCUT2D eigenvalue weighted by Gasteiger charge is 2.32. The highest BCUT2D eigenvalue weighted by molar-refractivity contribution is 6.04. The second kappa shape index (κ2) is 9.45. The normalized spacial score (nSPS) is 16.8. The third-order valence-corrected chi connectivity index (χ3v) is 6.38. The van der Waals surface area contributed by atoms with E-state index in [-0.39, 0.29) is 36.9 Å². The lowest BCUT2D eigenvalue weighted by Crippen LogP contribution is -2.38. The molecule has 13 heteroatoms. The molecule has 0 spiro atoms. The lowest BCUT2D eigenvalue weighted by atomic mass is 9.97. The molecule has 2 amide bonds. The molecule has 2 aliphatic rings. The zero-order chi connectivity index (χ0) is 26.3. The minimum atomic E-state index is -4.64. The first-order valence-corrected chi connectivity index (χ1v) is 11.6. The van der Waals surface area contributed by atoms with Gasteiger partial charge >= 0.3 is 12.3 Å². The number of carbonyl (C=O) groups is 2. The fraction of sp³-hybridized carbons (Fsp3) is 0.375. The summed E-state index contributed by atoms with van der Waals surface area (Å²) in [5.74, 6) is 0.103. The Morgan fingerprint density at radius 2 is 1.97 bits per heavy atom. The van der Waals surface area contributed by atoms with Crippen LogP contribution >= 0.6 is 0 Å². The molecule has 2 aliphatic heterocycles. The number of amides is 2. The van der Waals surface area contributed by atoms with E-state index in [4.69, 9.17) is 0 Å². The lowest BCUT2D eigenvalue weighted by molar-refractivity contribution is -0.162. The van der Waals surface area contributed by atoms with E-state index in [2.05, 4.69) is 32.2 Å². The number of fused-ring (bicyclic) bond motifs is 2. The van der Waals surface area contributed by atoms with Crippen LogP contribution in [-0.4, -0.2) is 56.0 Å². The summed E-state index contributed by atoms with van der Waals surface area (Å²) in [6.07, 6.45) is -3.80. The van der Waals surface area contributed by atoms with Crippen LogP contribution < -0.4 is 5.32 Å². The maximum absolute atomic E-state index is 14.8. The first-order chi connectivity index (χ1) is 17.6. The Balaban J connectivity index is 1.32. The average molecular weight is 518 g/mol. The van der Waals surface area contributed by atoms with Crippen molar-refractivity contribution in [1.82, 2.24) is 24.6 Å². The first kappa shape index (κ1) is 24.7. The van der Waals surface area contributed by atoms with Gasteiger partial charge in [0.25, 0.3) is 5.91 Å². The highest BCUT2D eigenvalue weighted by atomic mass is 19.4. The fourth-order valence-electron chi connectivity index (χ4n) is 4.56. The van der Waals surface area contributed by atoms with E-state index in [9.17, 15) is 27.2 Å². The summed E-state index contributed by atoms with van der Waals surface area (Å²) in [6, 6.07) is 7.69. The third-order valence-electron chi connectivity index (χ3n) is 6.38. The monoisotopic (exact) mass is 518 g/mol. The number of hydrogen-bond acceptors (Lipinski definition) is 6. The number of aromatic nitrogens is 4. The molecule has 0 radical (unpaired) electrons. The molecule has 1 N–H and O–H groups in total. The van der Waals surface area contributed by atoms with Gasteiger partial charge in [0, 0.05) is 25.6 Å². The minimum absolute atomic E-state index is 0.0658. The summed E-state index contributed by atoms with van der Waals surface area (Å²) in [4.78, 5) is 30.5. The van der Waals surface area contributed by atoms with Crippen molar-refractivity contribution >= 4 is 17.8 Å². The van der Waals surface area contributed by atoms with Crippen LogP contribution in [0.5, 0.6) is 0 Å². The zero-order valence-electron chi connectivity index (χ0n) is 19.7. The molecule has 37 heavy (non-hydrogen) atoms. The van der Waals surface area contributed by atoms with E-state index in [0.717, 1.165) is 23.6 Å². The molecular weight excluding hydrogens is 496 g/mol. The van der Waals surface area contributed by atoms with Crippen molar-refractivity contribution in [2.45, 2.75) is 44.9 Å². The Morgan fingerprint density at radius 1 is 1.16 bits per heavy atom. The quantitative estimate of drug-likeness (QED) is 0.517. The number of aryl methyl sites for hydroxylation is 1. The number of ether oxygens (including phenoxy) is 1. The fourth-order valence-corrected chi connectivity index (χ4v) is 4.56. The van der Waals surface area contributed by atoms with E-state index < -0.39 is 30.6 Å². The molecule has 4 heterocycles. The molecule has 5 rings (SSSR count). The maximum atomic E-state index is 14.8. The van der Waals surface area contributed by atoms with E-state index in [1.807, 2.05) is 4.57 Å². The van der Waals surface area contributed by atoms with Gasteiger partial charge in [-0.15, -0.1) is 10.2 Å². The molecule has 0 bridgehead atoms. The van der Waals surface area contributed by atoms with Crippen LogP contribution in [0.15, 0.2) is 30.3 Å². The van der Waals surface area contributed by atoms with Crippen LogP contribution in [0.2, 0.25) is 0 Å². The molecule has 1 atom stereocenters. The Morgan fingerprint density at radius 3 is 2.76 bits per heavy atom. The number of alkyl halides is 3. The van der Waals surface area contributed by atoms with Crippen molar-refractivity contribution in [3.05, 3.63) is 58.7 Å². The Kier molecular flexibility index (Phi) is 6.30. The van der Waals surface area contributed by atoms with Crippen LogP contribution in [0.25, 0.3) is 11.5 Å². The van der Waals surface area contributed by atoms with Gasteiger partial charge in [-0.1, -0.05) is 6.07 Å². The Labute approximate surface area is 208 Å². The van der Waals surface area contributed by atoms with Gasteiger partial charge in [-0.05, 0) is 55.2 Å². The van der Waals surface area contributed by atoms with Crippen LogP contribution in [-0.2, 0) is 24.1 Å². The van der Waals surface area contributed by atoms with Crippen LogP contribution in [0.4, 0.5) is 28.2 Å². The molecular formula is C24H22F4N6O3. The maximum Gasteiger partial charge on any atom is 0.422 e. The molecule has 2 aromatic heterocycles. The molecule has 9 nitrogen and oxygen atoms in total. The molecule has 0 unspecified atom stereocenters. The molecule has 0 aliphatic carbocycles. The lowest BCUT2D eigenvalue weighted by Gasteiger charge is -2.28. The second-order valence-electron chi connectivity index (χ2n) is 9.00. The average Bonchev–Trinajstić information content (AvgIpc) is 3.44. The molecule has 194 valence electrons. The molecule has 3 aromatic rings. The number of carbonyl (C=O) groups excluding carboxylic acids is 2. The van der Waals surface area contributed by atoms with Gasteiger partial charge in [-0.2, -0.15) is 13.2 Å². The topological polar surface area (TPSA) is 102 Å². The van der Waals surface area contributed by atoms with Crippen molar-refractivity contribution in [2.24, 2.45) is 0 Å². The first-order valence-electron chi connectivity index (χ1n) is 11.6. The van der Waals surface area contributed by atoms with Crippen LogP contribution in [0.1, 0.15) is 46.7 Å². The highest BCUT2D eigenvalue weighted by Crippen LogP contribution is 2.30. The smallest absolute Gasteiger partial charge is 0.422 e. The van der Waals surface area contributed by atoms with Crippen molar-refractivity contribution in [1.29, 1.82) is 0 Å². The second-order valence-corrected chi connectivity index (χ2v) is 9.00.